The van der Waals surface area contributed by atoms with Gasteiger partial charge in [-0.3, -0.25) is 4.79 Å². The molecule has 3 N–H and O–H groups in total. The summed E-state index contributed by atoms with van der Waals surface area (Å²) in [6, 6.07) is 0.138. The van der Waals surface area contributed by atoms with Gasteiger partial charge in [0.25, 0.3) is 0 Å². The van der Waals surface area contributed by atoms with E-state index in [4.69, 9.17) is 9.63 Å². The van der Waals surface area contributed by atoms with E-state index in [0.717, 1.165) is 29.9 Å². The highest BCUT2D eigenvalue weighted by molar-refractivity contribution is 5.71. The topological polar surface area (TPSA) is 95.6 Å². The second-order valence-electron chi connectivity index (χ2n) is 5.19. The Hall–Kier alpha value is -1.40. The minimum atomic E-state index is -0.941. The summed E-state index contributed by atoms with van der Waals surface area (Å²) in [6.07, 6.45) is 1.36. The maximum atomic E-state index is 10.9. The van der Waals surface area contributed by atoms with E-state index in [-0.39, 0.29) is 6.04 Å². The van der Waals surface area contributed by atoms with Crippen molar-refractivity contribution in [2.45, 2.75) is 45.3 Å². The van der Waals surface area contributed by atoms with E-state index in [9.17, 15) is 9.90 Å². The number of hydrogen-bond acceptors (Lipinski definition) is 5. The van der Waals surface area contributed by atoms with Crippen LogP contribution in [0.5, 0.6) is 0 Å². The number of aliphatic carboxylic acids is 1. The molecule has 1 aliphatic heterocycles. The normalized spacial score (nSPS) is 27.4. The minimum Gasteiger partial charge on any atom is -0.481 e. The molecule has 3 unspecified atom stereocenters. The standard InChI is InChI=1S/C13H20N2O4/c1-7-10(8(2)19-15-7)4-3-9-5-12(16)11(6-14-9)13(17)18/h9,11-12,14,16H,3-6H2,1-2H3,(H,17,18). The van der Waals surface area contributed by atoms with Crippen molar-refractivity contribution in [2.24, 2.45) is 5.92 Å². The van der Waals surface area contributed by atoms with Gasteiger partial charge in [-0.1, -0.05) is 5.16 Å². The van der Waals surface area contributed by atoms with Crippen LogP contribution in [0.2, 0.25) is 0 Å². The molecule has 0 aromatic carbocycles. The average Bonchev–Trinajstić information content (AvgIpc) is 2.66. The number of nitrogens with one attached hydrogen (secondary N) is 1. The maximum Gasteiger partial charge on any atom is 0.310 e. The predicted molar refractivity (Wildman–Crippen MR) is 67.8 cm³/mol. The van der Waals surface area contributed by atoms with Crippen LogP contribution >= 0.6 is 0 Å². The van der Waals surface area contributed by atoms with Crippen molar-refractivity contribution in [1.29, 1.82) is 0 Å². The van der Waals surface area contributed by atoms with Crippen LogP contribution < -0.4 is 5.32 Å². The second kappa shape index (κ2) is 5.71. The average molecular weight is 268 g/mol. The van der Waals surface area contributed by atoms with E-state index < -0.39 is 18.0 Å². The van der Waals surface area contributed by atoms with E-state index in [2.05, 4.69) is 10.5 Å². The molecule has 3 atom stereocenters. The summed E-state index contributed by atoms with van der Waals surface area (Å²) in [5.41, 5.74) is 2.01. The van der Waals surface area contributed by atoms with Gasteiger partial charge >= 0.3 is 5.97 Å². The molecule has 0 radical (unpaired) electrons. The van der Waals surface area contributed by atoms with Crippen LogP contribution in [0.25, 0.3) is 0 Å². The molecular formula is C13H20N2O4. The van der Waals surface area contributed by atoms with Crippen molar-refractivity contribution in [2.75, 3.05) is 6.54 Å². The summed E-state index contributed by atoms with van der Waals surface area (Å²) in [7, 11) is 0. The summed E-state index contributed by atoms with van der Waals surface area (Å²) in [6.45, 7) is 4.12. The Kier molecular flexibility index (Phi) is 4.21. The first kappa shape index (κ1) is 14.0. The van der Waals surface area contributed by atoms with Crippen molar-refractivity contribution in [3.63, 3.8) is 0 Å². The molecule has 1 saturated heterocycles. The highest BCUT2D eigenvalue weighted by Crippen LogP contribution is 2.21. The zero-order valence-corrected chi connectivity index (χ0v) is 11.2. The summed E-state index contributed by atoms with van der Waals surface area (Å²) in [5.74, 6) is -0.809. The van der Waals surface area contributed by atoms with Crippen molar-refractivity contribution in [1.82, 2.24) is 10.5 Å². The van der Waals surface area contributed by atoms with Crippen molar-refractivity contribution >= 4 is 5.97 Å². The summed E-state index contributed by atoms with van der Waals surface area (Å²) < 4.78 is 5.11. The van der Waals surface area contributed by atoms with E-state index in [1.54, 1.807) is 0 Å². The van der Waals surface area contributed by atoms with Gasteiger partial charge in [0.15, 0.2) is 0 Å². The van der Waals surface area contributed by atoms with Crippen LogP contribution in [0.15, 0.2) is 4.52 Å². The number of hydrogen-bond donors (Lipinski definition) is 3. The maximum absolute atomic E-state index is 10.9. The molecule has 0 aliphatic carbocycles. The van der Waals surface area contributed by atoms with Crippen LogP contribution in [0, 0.1) is 19.8 Å². The Labute approximate surface area is 111 Å². The van der Waals surface area contributed by atoms with Crippen molar-refractivity contribution in [3.05, 3.63) is 17.0 Å². The summed E-state index contributed by atoms with van der Waals surface area (Å²) in [4.78, 5) is 10.9. The number of aliphatic hydroxyl groups excluding tert-OH is 1. The monoisotopic (exact) mass is 268 g/mol. The van der Waals surface area contributed by atoms with Gasteiger partial charge in [0.1, 0.15) is 5.76 Å². The summed E-state index contributed by atoms with van der Waals surface area (Å²) in [5, 5.41) is 25.8. The molecule has 0 spiro atoms. The summed E-state index contributed by atoms with van der Waals surface area (Å²) >= 11 is 0. The van der Waals surface area contributed by atoms with Crippen LogP contribution in [0.1, 0.15) is 29.9 Å². The van der Waals surface area contributed by atoms with Gasteiger partial charge < -0.3 is 20.1 Å². The number of aliphatic hydroxyl groups is 1. The van der Waals surface area contributed by atoms with E-state index in [0.29, 0.717) is 13.0 Å². The lowest BCUT2D eigenvalue weighted by Crippen LogP contribution is -2.49. The Morgan fingerprint density at radius 3 is 2.79 bits per heavy atom. The Morgan fingerprint density at radius 2 is 2.26 bits per heavy atom. The number of carbonyl (C=O) groups is 1. The molecule has 0 bridgehead atoms. The molecule has 1 aromatic heterocycles. The molecule has 1 fully saturated rings. The fourth-order valence-electron chi connectivity index (χ4n) is 2.62. The lowest BCUT2D eigenvalue weighted by atomic mass is 9.89. The predicted octanol–water partition coefficient (Wildman–Crippen LogP) is 0.648. The molecule has 6 nitrogen and oxygen atoms in total. The highest BCUT2D eigenvalue weighted by atomic mass is 16.5. The van der Waals surface area contributed by atoms with Gasteiger partial charge in [-0.25, -0.2) is 0 Å². The molecule has 0 amide bonds. The Bertz CT molecular complexity index is 438. The molecule has 1 aliphatic rings. The van der Waals surface area contributed by atoms with Gasteiger partial charge in [-0.05, 0) is 33.1 Å². The molecule has 1 aromatic rings. The number of carboxylic acids is 1. The lowest BCUT2D eigenvalue weighted by Gasteiger charge is -2.32. The largest absolute Gasteiger partial charge is 0.481 e. The van der Waals surface area contributed by atoms with Gasteiger partial charge in [0.05, 0.1) is 17.7 Å². The molecule has 6 heteroatoms. The SMILES string of the molecule is Cc1noc(C)c1CCC1CC(O)C(C(=O)O)CN1. The van der Waals surface area contributed by atoms with E-state index >= 15 is 0 Å². The molecule has 19 heavy (non-hydrogen) atoms. The first-order chi connectivity index (χ1) is 8.99. The third-order valence-electron chi connectivity index (χ3n) is 3.86. The fraction of sp³-hybridized carbons (Fsp3) is 0.692. The number of nitrogens with zero attached hydrogens (tertiary/aromatic N) is 1. The van der Waals surface area contributed by atoms with Gasteiger partial charge in [0.2, 0.25) is 0 Å². The third kappa shape index (κ3) is 3.13. The Balaban J connectivity index is 1.87. The van der Waals surface area contributed by atoms with Crippen molar-refractivity contribution in [3.8, 4) is 0 Å². The third-order valence-corrected chi connectivity index (χ3v) is 3.86. The van der Waals surface area contributed by atoms with Gasteiger partial charge in [-0.15, -0.1) is 0 Å². The molecule has 0 saturated carbocycles. The first-order valence-electron chi connectivity index (χ1n) is 6.55. The fourth-order valence-corrected chi connectivity index (χ4v) is 2.62. The zero-order chi connectivity index (χ0) is 14.0. The van der Waals surface area contributed by atoms with Crippen LogP contribution in [0.4, 0.5) is 0 Å². The molecule has 2 heterocycles. The molecule has 106 valence electrons. The molecule has 2 rings (SSSR count). The Morgan fingerprint density at radius 1 is 1.53 bits per heavy atom. The first-order valence-corrected chi connectivity index (χ1v) is 6.55. The van der Waals surface area contributed by atoms with Gasteiger partial charge in [-0.2, -0.15) is 0 Å². The number of aromatic nitrogens is 1. The van der Waals surface area contributed by atoms with E-state index in [1.807, 2.05) is 13.8 Å². The lowest BCUT2D eigenvalue weighted by molar-refractivity contribution is -0.147. The van der Waals surface area contributed by atoms with Crippen LogP contribution in [0.3, 0.4) is 0 Å². The van der Waals surface area contributed by atoms with E-state index in [1.165, 1.54) is 0 Å². The zero-order valence-electron chi connectivity index (χ0n) is 11.2. The van der Waals surface area contributed by atoms with Crippen LogP contribution in [-0.4, -0.2) is 40.0 Å². The number of piperidine rings is 1. The number of carboxylic acid groups (broad SMARTS) is 1. The number of rotatable bonds is 4. The van der Waals surface area contributed by atoms with Gasteiger partial charge in [0, 0.05) is 18.2 Å². The smallest absolute Gasteiger partial charge is 0.310 e. The number of aryl methyl sites for hydroxylation is 2. The van der Waals surface area contributed by atoms with Crippen LogP contribution in [-0.2, 0) is 11.2 Å². The molecular weight excluding hydrogens is 248 g/mol. The quantitative estimate of drug-likeness (QED) is 0.742. The minimum absolute atomic E-state index is 0.138. The second-order valence-corrected chi connectivity index (χ2v) is 5.19. The van der Waals surface area contributed by atoms with Crippen molar-refractivity contribution < 1.29 is 19.5 Å². The highest BCUT2D eigenvalue weighted by Gasteiger charge is 2.33.